The Morgan fingerprint density at radius 1 is 1.25 bits per heavy atom. The van der Waals surface area contributed by atoms with Gasteiger partial charge in [-0.1, -0.05) is 0 Å². The Hall–Kier alpha value is -0.0600. The molecule has 0 saturated carbocycles. The van der Waals surface area contributed by atoms with Gasteiger partial charge in [-0.25, -0.2) is 9.13 Å². The molecule has 0 bridgehead atoms. The number of aromatic nitrogens is 2. The first kappa shape index (κ1) is 11.9. The maximum absolute atomic E-state index is 2.33. The topological polar surface area (TPSA) is 8.81 Å². The normalized spacial score (nSPS) is 9.75. The van der Waals surface area contributed by atoms with Crippen molar-refractivity contribution >= 4 is 0 Å². The number of rotatable bonds is 1. The van der Waals surface area contributed by atoms with Gasteiger partial charge in [-0.2, -0.15) is 0 Å². The van der Waals surface area contributed by atoms with Crippen molar-refractivity contribution in [2.45, 2.75) is 34.2 Å². The SMILES string of the molecule is CCn1c(C)c(C)[n+](C)c1C.[I-]. The fourth-order valence-corrected chi connectivity index (χ4v) is 1.57. The average molecular weight is 280 g/mol. The van der Waals surface area contributed by atoms with Crippen LogP contribution in [-0.2, 0) is 13.6 Å². The molecule has 0 radical (unpaired) electrons. The van der Waals surface area contributed by atoms with Crippen molar-refractivity contribution in [3.8, 4) is 0 Å². The lowest BCUT2D eigenvalue weighted by molar-refractivity contribution is -0.683. The van der Waals surface area contributed by atoms with Crippen LogP contribution in [0.3, 0.4) is 0 Å². The lowest BCUT2D eigenvalue weighted by Crippen LogP contribution is -3.00. The molecule has 2 nitrogen and oxygen atoms in total. The summed E-state index contributed by atoms with van der Waals surface area (Å²) in [5, 5.41) is 0. The average Bonchev–Trinajstić information content (AvgIpc) is 2.17. The molecule has 0 unspecified atom stereocenters. The van der Waals surface area contributed by atoms with Gasteiger partial charge >= 0.3 is 0 Å². The summed E-state index contributed by atoms with van der Waals surface area (Å²) in [4.78, 5) is 0. The van der Waals surface area contributed by atoms with Gasteiger partial charge in [-0.05, 0) is 6.92 Å². The molecule has 0 aliphatic rings. The van der Waals surface area contributed by atoms with Gasteiger partial charge < -0.3 is 24.0 Å². The molecule has 1 aromatic rings. The van der Waals surface area contributed by atoms with Crippen molar-refractivity contribution in [2.24, 2.45) is 7.05 Å². The molecule has 0 fully saturated rings. The Morgan fingerprint density at radius 2 is 1.75 bits per heavy atom. The lowest BCUT2D eigenvalue weighted by Gasteiger charge is -1.93. The van der Waals surface area contributed by atoms with E-state index in [0.717, 1.165) is 6.54 Å². The quantitative estimate of drug-likeness (QED) is 0.427. The van der Waals surface area contributed by atoms with E-state index in [9.17, 15) is 0 Å². The minimum atomic E-state index is 0. The predicted molar refractivity (Wildman–Crippen MR) is 45.5 cm³/mol. The van der Waals surface area contributed by atoms with Crippen LogP contribution in [0.1, 0.15) is 24.1 Å². The number of hydrogen-bond acceptors (Lipinski definition) is 0. The smallest absolute Gasteiger partial charge is 0.253 e. The third-order valence-corrected chi connectivity index (χ3v) is 2.62. The van der Waals surface area contributed by atoms with Crippen LogP contribution >= 0.6 is 0 Å². The summed E-state index contributed by atoms with van der Waals surface area (Å²) in [6, 6.07) is 0. The molecule has 0 atom stereocenters. The van der Waals surface area contributed by atoms with Crippen LogP contribution in [0.5, 0.6) is 0 Å². The van der Waals surface area contributed by atoms with Crippen molar-refractivity contribution in [1.29, 1.82) is 0 Å². The van der Waals surface area contributed by atoms with Crippen LogP contribution < -0.4 is 28.5 Å². The zero-order chi connectivity index (χ0) is 8.59. The predicted octanol–water partition coefficient (Wildman–Crippen LogP) is -1.74. The second-order valence-corrected chi connectivity index (χ2v) is 3.02. The van der Waals surface area contributed by atoms with Crippen LogP contribution in [0, 0.1) is 20.8 Å². The minimum Gasteiger partial charge on any atom is -1.00 e. The van der Waals surface area contributed by atoms with Gasteiger partial charge in [0.15, 0.2) is 0 Å². The summed E-state index contributed by atoms with van der Waals surface area (Å²) < 4.78 is 4.56. The first-order valence-electron chi connectivity index (χ1n) is 4.11. The first-order chi connectivity index (χ1) is 5.09. The highest BCUT2D eigenvalue weighted by Crippen LogP contribution is 2.05. The van der Waals surface area contributed by atoms with Gasteiger partial charge in [0.05, 0.1) is 13.6 Å². The summed E-state index contributed by atoms with van der Waals surface area (Å²) in [6.07, 6.45) is 0. The van der Waals surface area contributed by atoms with Crippen molar-refractivity contribution in [2.75, 3.05) is 0 Å². The molecule has 0 aromatic carbocycles. The molecular weight excluding hydrogens is 263 g/mol. The standard InChI is InChI=1S/C9H17N2.HI/c1-6-11-8(3)7(2)10(5)9(11)4;/h6H2,1-5H3;1H/q+1;/p-1. The van der Waals surface area contributed by atoms with E-state index in [1.54, 1.807) is 0 Å². The zero-order valence-electron chi connectivity index (χ0n) is 8.48. The highest BCUT2D eigenvalue weighted by Gasteiger charge is 2.16. The van der Waals surface area contributed by atoms with Crippen LogP contribution in [0.4, 0.5) is 0 Å². The zero-order valence-corrected chi connectivity index (χ0v) is 10.6. The molecule has 0 aliphatic carbocycles. The van der Waals surface area contributed by atoms with E-state index < -0.39 is 0 Å². The van der Waals surface area contributed by atoms with E-state index in [1.165, 1.54) is 17.2 Å². The Morgan fingerprint density at radius 3 is 1.92 bits per heavy atom. The van der Waals surface area contributed by atoms with E-state index in [4.69, 9.17) is 0 Å². The van der Waals surface area contributed by atoms with Gasteiger partial charge in [-0.3, -0.25) is 0 Å². The van der Waals surface area contributed by atoms with E-state index >= 15 is 0 Å². The highest BCUT2D eigenvalue weighted by atomic mass is 127. The number of imidazole rings is 1. The lowest BCUT2D eigenvalue weighted by atomic mass is 10.4. The molecule has 3 heteroatoms. The van der Waals surface area contributed by atoms with Gasteiger partial charge in [0.25, 0.3) is 5.82 Å². The maximum atomic E-state index is 2.33. The molecule has 0 amide bonds. The monoisotopic (exact) mass is 280 g/mol. The van der Waals surface area contributed by atoms with Gasteiger partial charge in [0, 0.05) is 20.8 Å². The minimum absolute atomic E-state index is 0. The summed E-state index contributed by atoms with van der Waals surface area (Å²) in [5.41, 5.74) is 2.75. The van der Waals surface area contributed by atoms with Crippen LogP contribution in [0.15, 0.2) is 0 Å². The van der Waals surface area contributed by atoms with Gasteiger partial charge in [0.1, 0.15) is 11.4 Å². The molecule has 0 spiro atoms. The Balaban J connectivity index is 0.00000121. The third-order valence-electron chi connectivity index (χ3n) is 2.62. The van der Waals surface area contributed by atoms with Crippen molar-refractivity contribution < 1.29 is 28.5 Å². The van der Waals surface area contributed by atoms with Crippen molar-refractivity contribution in [3.63, 3.8) is 0 Å². The molecule has 1 heterocycles. The second-order valence-electron chi connectivity index (χ2n) is 3.02. The Labute approximate surface area is 91.6 Å². The molecule has 12 heavy (non-hydrogen) atoms. The fourth-order valence-electron chi connectivity index (χ4n) is 1.57. The van der Waals surface area contributed by atoms with E-state index in [1.807, 2.05) is 0 Å². The van der Waals surface area contributed by atoms with Gasteiger partial charge in [-0.15, -0.1) is 0 Å². The van der Waals surface area contributed by atoms with E-state index in [2.05, 4.69) is 43.9 Å². The summed E-state index contributed by atoms with van der Waals surface area (Å²) >= 11 is 0. The Bertz CT molecular complexity index is 251. The first-order valence-corrected chi connectivity index (χ1v) is 4.11. The number of hydrogen-bond donors (Lipinski definition) is 0. The molecule has 1 rings (SSSR count). The van der Waals surface area contributed by atoms with Gasteiger partial charge in [0.2, 0.25) is 0 Å². The second kappa shape index (κ2) is 4.25. The molecule has 70 valence electrons. The van der Waals surface area contributed by atoms with Crippen molar-refractivity contribution in [1.82, 2.24) is 4.57 Å². The number of halogens is 1. The molecular formula is C9H17IN2. The molecule has 0 aliphatic heterocycles. The van der Waals surface area contributed by atoms with Crippen molar-refractivity contribution in [3.05, 3.63) is 17.2 Å². The summed E-state index contributed by atoms with van der Waals surface area (Å²) in [6.45, 7) is 9.74. The van der Waals surface area contributed by atoms with Crippen LogP contribution in [-0.4, -0.2) is 4.57 Å². The summed E-state index contributed by atoms with van der Waals surface area (Å²) in [5.74, 6) is 1.34. The highest BCUT2D eigenvalue weighted by molar-refractivity contribution is 5.06. The number of nitrogens with zero attached hydrogens (tertiary/aromatic N) is 2. The maximum Gasteiger partial charge on any atom is 0.253 e. The Kier molecular flexibility index (Phi) is 4.23. The molecule has 0 N–H and O–H groups in total. The largest absolute Gasteiger partial charge is 1.00 e. The van der Waals surface area contributed by atoms with E-state index in [-0.39, 0.29) is 24.0 Å². The fraction of sp³-hybridized carbons (Fsp3) is 0.667. The third kappa shape index (κ3) is 1.65. The summed E-state index contributed by atoms with van der Waals surface area (Å²) in [7, 11) is 2.11. The van der Waals surface area contributed by atoms with Crippen LogP contribution in [0.2, 0.25) is 0 Å². The molecule has 0 saturated heterocycles. The molecule has 1 aromatic heterocycles. The van der Waals surface area contributed by atoms with Crippen LogP contribution in [0.25, 0.3) is 0 Å². The van der Waals surface area contributed by atoms with E-state index in [0.29, 0.717) is 0 Å².